The van der Waals surface area contributed by atoms with Crippen LogP contribution in [0.1, 0.15) is 34.6 Å². The lowest BCUT2D eigenvalue weighted by Gasteiger charge is -2.10. The van der Waals surface area contributed by atoms with Gasteiger partial charge in [0, 0.05) is 6.07 Å². The zero-order chi connectivity index (χ0) is 17.1. The van der Waals surface area contributed by atoms with E-state index in [-0.39, 0.29) is 27.1 Å². The Morgan fingerprint density at radius 2 is 1.96 bits per heavy atom. The topological polar surface area (TPSA) is 115 Å². The first kappa shape index (κ1) is 17.3. The van der Waals surface area contributed by atoms with Crippen molar-refractivity contribution in [1.82, 2.24) is 0 Å². The largest absolute Gasteiger partial charge is 0.611 e. The molecular weight excluding hydrogens is 336 g/mol. The second-order valence-corrected chi connectivity index (χ2v) is 8.28. The Labute approximate surface area is 140 Å². The standard InChI is InChI=1S/C15H16N2O4S2/c1-8(2)23(21)12-7-10(13(16)19)15(22-12)17-14(20)9-5-3-4-6-11(9)18/h3-8,18H,1-2H3,(H2,16,19)(H,17,20). The van der Waals surface area contributed by atoms with E-state index >= 15 is 0 Å². The normalized spacial score (nSPS) is 12.2. The lowest BCUT2D eigenvalue weighted by atomic mass is 10.2. The summed E-state index contributed by atoms with van der Waals surface area (Å²) in [6, 6.07) is 7.48. The van der Waals surface area contributed by atoms with Crippen LogP contribution < -0.4 is 11.1 Å². The summed E-state index contributed by atoms with van der Waals surface area (Å²) >= 11 is -0.256. The van der Waals surface area contributed by atoms with Gasteiger partial charge in [-0.1, -0.05) is 23.5 Å². The number of anilines is 1. The van der Waals surface area contributed by atoms with Gasteiger partial charge in [-0.15, -0.1) is 0 Å². The van der Waals surface area contributed by atoms with Gasteiger partial charge in [0.05, 0.1) is 11.1 Å². The molecule has 1 unspecified atom stereocenters. The minimum absolute atomic E-state index is 0.0721. The fourth-order valence-corrected chi connectivity index (χ4v) is 4.46. The number of carbonyl (C=O) groups is 2. The van der Waals surface area contributed by atoms with Crippen LogP contribution in [-0.4, -0.2) is 26.7 Å². The Bertz CT molecular complexity index is 743. The molecular formula is C15H16N2O4S2. The van der Waals surface area contributed by atoms with Crippen molar-refractivity contribution in [3.63, 3.8) is 0 Å². The zero-order valence-corrected chi connectivity index (χ0v) is 14.2. The van der Waals surface area contributed by atoms with Gasteiger partial charge in [0.1, 0.15) is 16.0 Å². The quantitative estimate of drug-likeness (QED) is 0.716. The number of para-hydroxylation sites is 1. The third kappa shape index (κ3) is 3.84. The molecule has 0 bridgehead atoms. The third-order valence-electron chi connectivity index (χ3n) is 2.98. The molecule has 2 rings (SSSR count). The summed E-state index contributed by atoms with van der Waals surface area (Å²) in [5, 5.41) is 12.3. The van der Waals surface area contributed by atoms with Gasteiger partial charge >= 0.3 is 0 Å². The molecule has 0 fully saturated rings. The molecule has 0 aliphatic heterocycles. The van der Waals surface area contributed by atoms with E-state index in [9.17, 15) is 19.2 Å². The van der Waals surface area contributed by atoms with E-state index in [1.54, 1.807) is 26.0 Å². The van der Waals surface area contributed by atoms with E-state index in [4.69, 9.17) is 5.73 Å². The first-order valence-corrected chi connectivity index (χ1v) is 8.77. The predicted molar refractivity (Wildman–Crippen MR) is 90.4 cm³/mol. The number of hydrogen-bond donors (Lipinski definition) is 3. The number of thiophene rings is 1. The summed E-state index contributed by atoms with van der Waals surface area (Å²) in [4.78, 5) is 23.8. The number of nitrogens with two attached hydrogens (primary N) is 1. The average molecular weight is 352 g/mol. The SMILES string of the molecule is CC(C)[S+]([O-])c1cc(C(N)=O)c(NC(=O)c2ccccc2O)s1. The number of amides is 2. The van der Waals surface area contributed by atoms with Crippen molar-refractivity contribution in [1.29, 1.82) is 0 Å². The van der Waals surface area contributed by atoms with E-state index in [2.05, 4.69) is 5.32 Å². The van der Waals surface area contributed by atoms with Crippen molar-refractivity contribution in [2.45, 2.75) is 23.3 Å². The fourth-order valence-electron chi connectivity index (χ4n) is 1.81. The van der Waals surface area contributed by atoms with Gasteiger partial charge in [-0.2, -0.15) is 0 Å². The predicted octanol–water partition coefficient (Wildman–Crippen LogP) is 2.32. The van der Waals surface area contributed by atoms with Crippen molar-refractivity contribution < 1.29 is 19.2 Å². The molecule has 1 aromatic heterocycles. The summed E-state index contributed by atoms with van der Waals surface area (Å²) in [5.74, 6) is -1.47. The summed E-state index contributed by atoms with van der Waals surface area (Å²) in [6.45, 7) is 3.58. The number of nitrogens with one attached hydrogen (secondary N) is 1. The monoisotopic (exact) mass is 352 g/mol. The van der Waals surface area contributed by atoms with Crippen LogP contribution in [0.5, 0.6) is 5.75 Å². The van der Waals surface area contributed by atoms with Gasteiger partial charge in [0.15, 0.2) is 0 Å². The van der Waals surface area contributed by atoms with Gasteiger partial charge in [0.25, 0.3) is 11.8 Å². The van der Waals surface area contributed by atoms with E-state index < -0.39 is 23.0 Å². The Kier molecular flexibility index (Phi) is 5.30. The van der Waals surface area contributed by atoms with Crippen molar-refractivity contribution in [2.24, 2.45) is 5.73 Å². The number of aromatic hydroxyl groups is 1. The molecule has 0 saturated carbocycles. The lowest BCUT2D eigenvalue weighted by molar-refractivity contribution is 0.100. The smallest absolute Gasteiger partial charge is 0.260 e. The van der Waals surface area contributed by atoms with Crippen LogP contribution in [0.25, 0.3) is 0 Å². The second kappa shape index (κ2) is 7.03. The molecule has 0 aliphatic carbocycles. The summed E-state index contributed by atoms with van der Waals surface area (Å²) in [6.07, 6.45) is 0. The zero-order valence-electron chi connectivity index (χ0n) is 12.5. The molecule has 0 saturated heterocycles. The minimum atomic E-state index is -1.29. The van der Waals surface area contributed by atoms with Crippen molar-refractivity contribution in [3.8, 4) is 5.75 Å². The molecule has 2 amide bonds. The van der Waals surface area contributed by atoms with E-state index in [1.165, 1.54) is 18.2 Å². The highest BCUT2D eigenvalue weighted by atomic mass is 32.2. The maximum atomic E-state index is 12.2. The number of carbonyl (C=O) groups excluding carboxylic acids is 2. The number of hydrogen-bond acceptors (Lipinski definition) is 5. The van der Waals surface area contributed by atoms with E-state index in [0.29, 0.717) is 4.21 Å². The molecule has 1 atom stereocenters. The molecule has 0 radical (unpaired) electrons. The second-order valence-electron chi connectivity index (χ2n) is 4.99. The molecule has 0 spiro atoms. The van der Waals surface area contributed by atoms with Crippen molar-refractivity contribution in [2.75, 3.05) is 5.32 Å². The van der Waals surface area contributed by atoms with Crippen LogP contribution in [-0.2, 0) is 11.2 Å². The number of phenols is 1. The lowest BCUT2D eigenvalue weighted by Crippen LogP contribution is -2.16. The molecule has 1 heterocycles. The third-order valence-corrected chi connectivity index (χ3v) is 5.94. The molecule has 122 valence electrons. The average Bonchev–Trinajstić information content (AvgIpc) is 2.90. The molecule has 6 nitrogen and oxygen atoms in total. The van der Waals surface area contributed by atoms with Crippen LogP contribution in [0.4, 0.5) is 5.00 Å². The molecule has 2 aromatic rings. The van der Waals surface area contributed by atoms with Gasteiger partial charge in [-0.05, 0) is 37.2 Å². The van der Waals surface area contributed by atoms with Gasteiger partial charge in [-0.3, -0.25) is 9.59 Å². The summed E-state index contributed by atoms with van der Waals surface area (Å²) in [5.41, 5.74) is 5.49. The van der Waals surface area contributed by atoms with Crippen LogP contribution in [0.3, 0.4) is 0 Å². The summed E-state index contributed by atoms with van der Waals surface area (Å²) in [7, 11) is 0. The Balaban J connectivity index is 2.33. The fraction of sp³-hybridized carbons (Fsp3) is 0.200. The number of phenolic OH excluding ortho intramolecular Hbond substituents is 1. The maximum absolute atomic E-state index is 12.2. The highest BCUT2D eigenvalue weighted by Gasteiger charge is 2.25. The molecule has 23 heavy (non-hydrogen) atoms. The Hall–Kier alpha value is -2.03. The van der Waals surface area contributed by atoms with Crippen molar-refractivity contribution in [3.05, 3.63) is 41.5 Å². The van der Waals surface area contributed by atoms with Gasteiger partial charge < -0.3 is 20.7 Å². The van der Waals surface area contributed by atoms with Crippen LogP contribution in [0.15, 0.2) is 34.5 Å². The Morgan fingerprint density at radius 3 is 2.52 bits per heavy atom. The minimum Gasteiger partial charge on any atom is -0.611 e. The number of primary amides is 1. The van der Waals surface area contributed by atoms with Crippen LogP contribution in [0.2, 0.25) is 0 Å². The first-order valence-electron chi connectivity index (χ1n) is 6.74. The van der Waals surface area contributed by atoms with E-state index in [1.807, 2.05) is 0 Å². The highest BCUT2D eigenvalue weighted by Crippen LogP contribution is 2.33. The Morgan fingerprint density at radius 1 is 1.30 bits per heavy atom. The van der Waals surface area contributed by atoms with Gasteiger partial charge in [-0.25, -0.2) is 0 Å². The number of rotatable bonds is 5. The molecule has 1 aromatic carbocycles. The molecule has 0 aliphatic rings. The van der Waals surface area contributed by atoms with Crippen molar-refractivity contribution >= 4 is 39.3 Å². The molecule has 4 N–H and O–H groups in total. The van der Waals surface area contributed by atoms with E-state index in [0.717, 1.165) is 11.3 Å². The van der Waals surface area contributed by atoms with Crippen LogP contribution >= 0.6 is 11.3 Å². The number of benzene rings is 1. The highest BCUT2D eigenvalue weighted by molar-refractivity contribution is 7.94. The van der Waals surface area contributed by atoms with Gasteiger partial charge in [0.2, 0.25) is 4.21 Å². The molecule has 8 heteroatoms. The summed E-state index contributed by atoms with van der Waals surface area (Å²) < 4.78 is 12.6. The maximum Gasteiger partial charge on any atom is 0.260 e. The van der Waals surface area contributed by atoms with Crippen LogP contribution in [0, 0.1) is 0 Å². The first-order chi connectivity index (χ1) is 10.8.